The lowest BCUT2D eigenvalue weighted by molar-refractivity contribution is -0.121. The van der Waals surface area contributed by atoms with Gasteiger partial charge in [-0.25, -0.2) is 4.98 Å². The average Bonchev–Trinajstić information content (AvgIpc) is 3.02. The lowest BCUT2D eigenvalue weighted by Gasteiger charge is -2.32. The minimum atomic E-state index is -0.532. The van der Waals surface area contributed by atoms with Crippen molar-refractivity contribution in [1.29, 1.82) is 0 Å². The monoisotopic (exact) mass is 334 g/mol. The summed E-state index contributed by atoms with van der Waals surface area (Å²) in [6.07, 6.45) is 3.10. The van der Waals surface area contributed by atoms with Crippen molar-refractivity contribution in [3.8, 4) is 0 Å². The van der Waals surface area contributed by atoms with Crippen molar-refractivity contribution in [2.24, 2.45) is 0 Å². The number of hydrogen-bond acceptors (Lipinski definition) is 3. The number of halogens is 1. The molecule has 1 saturated heterocycles. The molecule has 1 fully saturated rings. The normalized spacial score (nSPS) is 17.2. The quantitative estimate of drug-likeness (QED) is 0.842. The predicted molar refractivity (Wildman–Crippen MR) is 88.5 cm³/mol. The van der Waals surface area contributed by atoms with Crippen molar-refractivity contribution in [1.82, 2.24) is 20.2 Å². The van der Waals surface area contributed by atoms with E-state index in [1.807, 2.05) is 17.0 Å². The molecule has 122 valence electrons. The first-order valence-corrected chi connectivity index (χ1v) is 8.15. The van der Waals surface area contributed by atoms with Gasteiger partial charge in [-0.2, -0.15) is 0 Å². The number of amides is 2. The van der Waals surface area contributed by atoms with Gasteiger partial charge in [0.25, 0.3) is 5.91 Å². The molecule has 1 aliphatic heterocycles. The number of piperidine rings is 1. The van der Waals surface area contributed by atoms with E-state index in [-0.39, 0.29) is 17.9 Å². The number of likely N-dealkylation sites (tertiary alicyclic amines) is 1. The molecule has 23 heavy (non-hydrogen) atoms. The molecule has 0 bridgehead atoms. The lowest BCUT2D eigenvalue weighted by atomic mass is 10.0. The van der Waals surface area contributed by atoms with Crippen LogP contribution in [-0.4, -0.2) is 51.2 Å². The second kappa shape index (κ2) is 6.58. The Hall–Kier alpha value is -2.08. The number of rotatable bonds is 3. The maximum absolute atomic E-state index is 12.6. The molecule has 1 aromatic heterocycles. The highest BCUT2D eigenvalue weighted by Crippen LogP contribution is 2.17. The minimum Gasteiger partial charge on any atom is -0.352 e. The number of benzene rings is 1. The fourth-order valence-electron chi connectivity index (χ4n) is 2.79. The van der Waals surface area contributed by atoms with Gasteiger partial charge in [0, 0.05) is 24.7 Å². The standard InChI is InChI=1S/C16H19ClN4O2/c1-10(17)15(22)20-12-4-6-21(7-5-12)16(23)11-2-3-13-14(8-11)19-9-18-13/h2-3,8-10,12H,4-7H2,1H3,(H,18,19)(H,20,22). The smallest absolute Gasteiger partial charge is 0.253 e. The molecule has 1 unspecified atom stereocenters. The fraction of sp³-hybridized carbons (Fsp3) is 0.438. The Labute approximate surface area is 139 Å². The molecular weight excluding hydrogens is 316 g/mol. The topological polar surface area (TPSA) is 78.1 Å². The summed E-state index contributed by atoms with van der Waals surface area (Å²) < 4.78 is 0. The molecule has 2 aromatic rings. The number of H-pyrrole nitrogens is 1. The van der Waals surface area contributed by atoms with Crippen molar-refractivity contribution in [3.05, 3.63) is 30.1 Å². The highest BCUT2D eigenvalue weighted by molar-refractivity contribution is 6.30. The Morgan fingerprint density at radius 1 is 1.39 bits per heavy atom. The summed E-state index contributed by atoms with van der Waals surface area (Å²) in [6.45, 7) is 2.91. The molecule has 1 aromatic carbocycles. The zero-order valence-corrected chi connectivity index (χ0v) is 13.6. The van der Waals surface area contributed by atoms with Gasteiger partial charge >= 0.3 is 0 Å². The van der Waals surface area contributed by atoms with Gasteiger partial charge in [0.05, 0.1) is 17.4 Å². The van der Waals surface area contributed by atoms with Gasteiger partial charge in [-0.3, -0.25) is 9.59 Å². The van der Waals surface area contributed by atoms with E-state index in [9.17, 15) is 9.59 Å². The number of carbonyl (C=O) groups is 2. The van der Waals surface area contributed by atoms with Gasteiger partial charge in [0.2, 0.25) is 5.91 Å². The van der Waals surface area contributed by atoms with E-state index in [0.717, 1.165) is 23.9 Å². The first kappa shape index (κ1) is 15.8. The second-order valence-electron chi connectivity index (χ2n) is 5.83. The second-order valence-corrected chi connectivity index (χ2v) is 6.48. The average molecular weight is 335 g/mol. The molecule has 0 spiro atoms. The number of fused-ring (bicyclic) bond motifs is 1. The van der Waals surface area contributed by atoms with Crippen molar-refractivity contribution >= 4 is 34.4 Å². The molecule has 2 amide bonds. The highest BCUT2D eigenvalue weighted by Gasteiger charge is 2.25. The van der Waals surface area contributed by atoms with Crippen LogP contribution in [0.1, 0.15) is 30.1 Å². The number of nitrogens with zero attached hydrogens (tertiary/aromatic N) is 2. The van der Waals surface area contributed by atoms with E-state index in [1.54, 1.807) is 19.3 Å². The molecular formula is C16H19ClN4O2. The Morgan fingerprint density at radius 2 is 2.13 bits per heavy atom. The SMILES string of the molecule is CC(Cl)C(=O)NC1CCN(C(=O)c2ccc3nc[nH]c3c2)CC1. The van der Waals surface area contributed by atoms with Gasteiger partial charge in [-0.1, -0.05) is 0 Å². The van der Waals surface area contributed by atoms with Crippen LogP contribution in [0, 0.1) is 0 Å². The number of alkyl halides is 1. The number of aromatic nitrogens is 2. The molecule has 7 heteroatoms. The molecule has 0 saturated carbocycles. The number of aromatic amines is 1. The van der Waals surface area contributed by atoms with Crippen LogP contribution < -0.4 is 5.32 Å². The zero-order valence-electron chi connectivity index (χ0n) is 12.9. The Balaban J connectivity index is 1.60. The molecule has 6 nitrogen and oxygen atoms in total. The molecule has 1 aliphatic rings. The van der Waals surface area contributed by atoms with Crippen molar-refractivity contribution in [2.45, 2.75) is 31.2 Å². The molecule has 1 atom stereocenters. The summed E-state index contributed by atoms with van der Waals surface area (Å²) in [6, 6.07) is 5.55. The van der Waals surface area contributed by atoms with Crippen LogP contribution in [0.3, 0.4) is 0 Å². The van der Waals surface area contributed by atoms with Crippen molar-refractivity contribution in [2.75, 3.05) is 13.1 Å². The summed E-state index contributed by atoms with van der Waals surface area (Å²) in [7, 11) is 0. The van der Waals surface area contributed by atoms with Gasteiger partial charge in [-0.05, 0) is 38.0 Å². The van der Waals surface area contributed by atoms with Gasteiger partial charge in [0.15, 0.2) is 0 Å². The van der Waals surface area contributed by atoms with Crippen LogP contribution >= 0.6 is 11.6 Å². The molecule has 3 rings (SSSR count). The molecule has 2 N–H and O–H groups in total. The van der Waals surface area contributed by atoms with Crippen molar-refractivity contribution in [3.63, 3.8) is 0 Å². The van der Waals surface area contributed by atoms with Crippen molar-refractivity contribution < 1.29 is 9.59 Å². The van der Waals surface area contributed by atoms with Crippen LogP contribution in [0.2, 0.25) is 0 Å². The maximum atomic E-state index is 12.6. The van der Waals surface area contributed by atoms with E-state index in [2.05, 4.69) is 15.3 Å². The Bertz CT molecular complexity index is 720. The maximum Gasteiger partial charge on any atom is 0.253 e. The largest absolute Gasteiger partial charge is 0.352 e. The first-order chi connectivity index (χ1) is 11.0. The highest BCUT2D eigenvalue weighted by atomic mass is 35.5. The van der Waals surface area contributed by atoms with Gasteiger partial charge < -0.3 is 15.2 Å². The number of carbonyl (C=O) groups excluding carboxylic acids is 2. The van der Waals surface area contributed by atoms with Crippen LogP contribution in [0.25, 0.3) is 11.0 Å². The Kier molecular flexibility index (Phi) is 4.52. The van der Waals surface area contributed by atoms with Crippen LogP contribution in [0.15, 0.2) is 24.5 Å². The lowest BCUT2D eigenvalue weighted by Crippen LogP contribution is -2.47. The zero-order chi connectivity index (χ0) is 16.4. The minimum absolute atomic E-state index is 0.0111. The van der Waals surface area contributed by atoms with Crippen LogP contribution in [0.4, 0.5) is 0 Å². The van der Waals surface area contributed by atoms with E-state index < -0.39 is 5.38 Å². The van der Waals surface area contributed by atoms with E-state index >= 15 is 0 Å². The third-order valence-corrected chi connectivity index (χ3v) is 4.36. The summed E-state index contributed by atoms with van der Waals surface area (Å²) in [5.41, 5.74) is 2.35. The van der Waals surface area contributed by atoms with E-state index in [1.165, 1.54) is 0 Å². The summed E-state index contributed by atoms with van der Waals surface area (Å²) >= 11 is 5.76. The van der Waals surface area contributed by atoms with Crippen LogP contribution in [-0.2, 0) is 4.79 Å². The van der Waals surface area contributed by atoms with Gasteiger partial charge in [0.1, 0.15) is 5.38 Å². The summed E-state index contributed by atoms with van der Waals surface area (Å²) in [5.74, 6) is -0.141. The fourth-order valence-corrected chi connectivity index (χ4v) is 2.86. The molecule has 0 aliphatic carbocycles. The third-order valence-electron chi connectivity index (χ3n) is 4.16. The Morgan fingerprint density at radius 3 is 2.83 bits per heavy atom. The molecule has 0 radical (unpaired) electrons. The number of hydrogen-bond donors (Lipinski definition) is 2. The summed E-state index contributed by atoms with van der Waals surface area (Å²) in [4.78, 5) is 33.2. The van der Waals surface area contributed by atoms with Gasteiger partial charge in [-0.15, -0.1) is 11.6 Å². The number of imidazole rings is 1. The van der Waals surface area contributed by atoms with Crippen LogP contribution in [0.5, 0.6) is 0 Å². The third kappa shape index (κ3) is 3.47. The van der Waals surface area contributed by atoms with E-state index in [4.69, 9.17) is 11.6 Å². The van der Waals surface area contributed by atoms with E-state index in [0.29, 0.717) is 18.7 Å². The molecule has 2 heterocycles. The number of nitrogens with one attached hydrogen (secondary N) is 2. The predicted octanol–water partition coefficient (Wildman–Crippen LogP) is 1.91. The summed E-state index contributed by atoms with van der Waals surface area (Å²) in [5, 5.41) is 2.38. The first-order valence-electron chi connectivity index (χ1n) is 7.71.